The first-order chi connectivity index (χ1) is 10.7. The van der Waals surface area contributed by atoms with E-state index in [0.29, 0.717) is 18.7 Å². The number of benzene rings is 1. The minimum absolute atomic E-state index is 0.0679. The van der Waals surface area contributed by atoms with Gasteiger partial charge in [-0.1, -0.05) is 12.1 Å². The van der Waals surface area contributed by atoms with Gasteiger partial charge in [-0.15, -0.1) is 0 Å². The maximum absolute atomic E-state index is 12.0. The monoisotopic (exact) mass is 301 g/mol. The van der Waals surface area contributed by atoms with Gasteiger partial charge in [0.15, 0.2) is 0 Å². The maximum atomic E-state index is 12.0. The molecule has 6 heteroatoms. The number of H-pyrrole nitrogens is 1. The molecule has 0 spiro atoms. The molecule has 4 N–H and O–H groups in total. The van der Waals surface area contributed by atoms with Crippen LogP contribution < -0.4 is 11.1 Å². The summed E-state index contributed by atoms with van der Waals surface area (Å²) in [5, 5.41) is 10.0. The number of nitrogens with zero attached hydrogens (tertiary/aromatic N) is 2. The van der Waals surface area contributed by atoms with E-state index in [1.807, 2.05) is 38.4 Å². The zero-order valence-electron chi connectivity index (χ0n) is 13.1. The van der Waals surface area contributed by atoms with Gasteiger partial charge in [0.05, 0.1) is 5.69 Å². The van der Waals surface area contributed by atoms with Crippen LogP contribution in [-0.4, -0.2) is 47.7 Å². The molecule has 2 rings (SSSR count). The number of amides is 1. The fourth-order valence-corrected chi connectivity index (χ4v) is 2.35. The molecule has 0 saturated heterocycles. The minimum atomic E-state index is -0.0679. The van der Waals surface area contributed by atoms with E-state index in [9.17, 15) is 4.79 Å². The molecule has 118 valence electrons. The third-order valence-electron chi connectivity index (χ3n) is 3.41. The molecule has 6 nitrogen and oxygen atoms in total. The standard InChI is InChI=1S/C16H23N5O/c1-3-18-16(22)13-6-4-5-12(9-13)15-14(10-19-20-15)11-21(2)8-7-17/h4-6,9-10H,3,7-8,11,17H2,1-2H3,(H,18,22)(H,19,20). The highest BCUT2D eigenvalue weighted by Crippen LogP contribution is 2.23. The van der Waals surface area contributed by atoms with E-state index < -0.39 is 0 Å². The second kappa shape index (κ2) is 7.72. The third-order valence-corrected chi connectivity index (χ3v) is 3.41. The molecule has 0 radical (unpaired) electrons. The van der Waals surface area contributed by atoms with Crippen LogP contribution in [0.1, 0.15) is 22.8 Å². The van der Waals surface area contributed by atoms with E-state index in [4.69, 9.17) is 5.73 Å². The Morgan fingerprint density at radius 3 is 3.00 bits per heavy atom. The summed E-state index contributed by atoms with van der Waals surface area (Å²) in [6, 6.07) is 7.52. The summed E-state index contributed by atoms with van der Waals surface area (Å²) >= 11 is 0. The van der Waals surface area contributed by atoms with Crippen LogP contribution in [0.25, 0.3) is 11.3 Å². The molecule has 0 saturated carbocycles. The third kappa shape index (κ3) is 3.93. The van der Waals surface area contributed by atoms with Gasteiger partial charge >= 0.3 is 0 Å². The predicted molar refractivity (Wildman–Crippen MR) is 87.4 cm³/mol. The van der Waals surface area contributed by atoms with Crippen molar-refractivity contribution in [1.29, 1.82) is 0 Å². The molecule has 1 aromatic carbocycles. The minimum Gasteiger partial charge on any atom is -0.352 e. The van der Waals surface area contributed by atoms with Crippen LogP contribution in [0.15, 0.2) is 30.5 Å². The lowest BCUT2D eigenvalue weighted by molar-refractivity contribution is 0.0956. The number of likely N-dealkylation sites (N-methyl/N-ethyl adjacent to an activating group) is 1. The first kappa shape index (κ1) is 16.2. The Balaban J connectivity index is 2.24. The Bertz CT molecular complexity index is 623. The quantitative estimate of drug-likeness (QED) is 0.717. The lowest BCUT2D eigenvalue weighted by Gasteiger charge is -2.15. The Kier molecular flexibility index (Phi) is 5.68. The molecule has 0 aliphatic rings. The van der Waals surface area contributed by atoms with E-state index in [1.54, 1.807) is 6.07 Å². The zero-order chi connectivity index (χ0) is 15.9. The van der Waals surface area contributed by atoms with Gasteiger partial charge in [-0.3, -0.25) is 9.89 Å². The average molecular weight is 301 g/mol. The second-order valence-electron chi connectivity index (χ2n) is 5.23. The molecule has 1 aromatic heterocycles. The van der Waals surface area contributed by atoms with Crippen molar-refractivity contribution in [3.05, 3.63) is 41.6 Å². The summed E-state index contributed by atoms with van der Waals surface area (Å²) < 4.78 is 0. The Labute approximate surface area is 130 Å². The fourth-order valence-electron chi connectivity index (χ4n) is 2.35. The molecular weight excluding hydrogens is 278 g/mol. The molecule has 1 amide bonds. The predicted octanol–water partition coefficient (Wildman–Crippen LogP) is 1.22. The average Bonchev–Trinajstić information content (AvgIpc) is 2.96. The Morgan fingerprint density at radius 1 is 1.45 bits per heavy atom. The Hall–Kier alpha value is -2.18. The van der Waals surface area contributed by atoms with Crippen LogP contribution in [0.3, 0.4) is 0 Å². The number of carbonyl (C=O) groups is 1. The van der Waals surface area contributed by atoms with Gasteiger partial charge in [0.25, 0.3) is 5.91 Å². The first-order valence-electron chi connectivity index (χ1n) is 7.45. The molecule has 0 bridgehead atoms. The van der Waals surface area contributed by atoms with E-state index in [2.05, 4.69) is 20.4 Å². The molecule has 0 fully saturated rings. The van der Waals surface area contributed by atoms with Crippen molar-refractivity contribution in [2.24, 2.45) is 5.73 Å². The van der Waals surface area contributed by atoms with Gasteiger partial charge < -0.3 is 16.0 Å². The summed E-state index contributed by atoms with van der Waals surface area (Å²) in [5.41, 5.74) is 9.11. The fraction of sp³-hybridized carbons (Fsp3) is 0.375. The van der Waals surface area contributed by atoms with E-state index in [1.165, 1.54) is 0 Å². The molecule has 0 unspecified atom stereocenters. The first-order valence-corrected chi connectivity index (χ1v) is 7.45. The number of nitrogens with one attached hydrogen (secondary N) is 2. The molecule has 0 aliphatic heterocycles. The van der Waals surface area contributed by atoms with Gasteiger partial charge in [0.1, 0.15) is 0 Å². The molecule has 22 heavy (non-hydrogen) atoms. The molecule has 2 aromatic rings. The van der Waals surface area contributed by atoms with Gasteiger partial charge in [0.2, 0.25) is 0 Å². The summed E-state index contributed by atoms with van der Waals surface area (Å²) in [4.78, 5) is 14.1. The van der Waals surface area contributed by atoms with Crippen molar-refractivity contribution >= 4 is 5.91 Å². The summed E-state index contributed by atoms with van der Waals surface area (Å²) in [6.07, 6.45) is 1.89. The normalized spacial score (nSPS) is 10.9. The van der Waals surface area contributed by atoms with Gasteiger partial charge in [-0.05, 0) is 26.1 Å². The van der Waals surface area contributed by atoms with Crippen molar-refractivity contribution < 1.29 is 4.79 Å². The second-order valence-corrected chi connectivity index (χ2v) is 5.23. The van der Waals surface area contributed by atoms with Crippen LogP contribution in [0.4, 0.5) is 0 Å². The number of carbonyl (C=O) groups excluding carboxylic acids is 1. The lowest BCUT2D eigenvalue weighted by atomic mass is 10.0. The van der Waals surface area contributed by atoms with Crippen LogP contribution in [0.2, 0.25) is 0 Å². The van der Waals surface area contributed by atoms with Gasteiger partial charge in [-0.2, -0.15) is 5.10 Å². The number of aromatic nitrogens is 2. The van der Waals surface area contributed by atoms with Gasteiger partial charge in [-0.25, -0.2) is 0 Å². The number of hydrogen-bond acceptors (Lipinski definition) is 4. The number of aromatic amines is 1. The number of hydrogen-bond donors (Lipinski definition) is 3. The van der Waals surface area contributed by atoms with Crippen molar-refractivity contribution in [2.45, 2.75) is 13.5 Å². The smallest absolute Gasteiger partial charge is 0.251 e. The molecule has 1 heterocycles. The van der Waals surface area contributed by atoms with Crippen LogP contribution in [-0.2, 0) is 6.54 Å². The lowest BCUT2D eigenvalue weighted by Crippen LogP contribution is -2.25. The van der Waals surface area contributed by atoms with Crippen LogP contribution in [0, 0.1) is 0 Å². The highest BCUT2D eigenvalue weighted by molar-refractivity contribution is 5.95. The molecule has 0 atom stereocenters. The SMILES string of the molecule is CCNC(=O)c1cccc(-c2n[nH]cc2CN(C)CCN)c1. The summed E-state index contributed by atoms with van der Waals surface area (Å²) in [5.74, 6) is -0.0679. The molecular formula is C16H23N5O. The number of nitrogens with two attached hydrogens (primary N) is 1. The van der Waals surface area contributed by atoms with E-state index in [0.717, 1.165) is 29.9 Å². The highest BCUT2D eigenvalue weighted by atomic mass is 16.1. The van der Waals surface area contributed by atoms with Crippen LogP contribution >= 0.6 is 0 Å². The maximum Gasteiger partial charge on any atom is 0.251 e. The van der Waals surface area contributed by atoms with E-state index >= 15 is 0 Å². The van der Waals surface area contributed by atoms with Crippen molar-refractivity contribution in [1.82, 2.24) is 20.4 Å². The van der Waals surface area contributed by atoms with Crippen molar-refractivity contribution in [2.75, 3.05) is 26.7 Å². The highest BCUT2D eigenvalue weighted by Gasteiger charge is 2.12. The largest absolute Gasteiger partial charge is 0.352 e. The van der Waals surface area contributed by atoms with Gasteiger partial charge in [0, 0.05) is 49.1 Å². The zero-order valence-corrected chi connectivity index (χ0v) is 13.1. The molecule has 0 aliphatic carbocycles. The number of rotatable bonds is 7. The van der Waals surface area contributed by atoms with Crippen molar-refractivity contribution in [3.63, 3.8) is 0 Å². The van der Waals surface area contributed by atoms with E-state index in [-0.39, 0.29) is 5.91 Å². The van der Waals surface area contributed by atoms with Crippen LogP contribution in [0.5, 0.6) is 0 Å². The topological polar surface area (TPSA) is 87.0 Å². The summed E-state index contributed by atoms with van der Waals surface area (Å²) in [7, 11) is 2.02. The van der Waals surface area contributed by atoms with Crippen molar-refractivity contribution in [3.8, 4) is 11.3 Å². The summed E-state index contributed by atoms with van der Waals surface area (Å²) in [6.45, 7) is 4.72. The Morgan fingerprint density at radius 2 is 2.27 bits per heavy atom.